The van der Waals surface area contributed by atoms with Gasteiger partial charge in [-0.25, -0.2) is 0 Å². The molecule has 0 aromatic heterocycles. The van der Waals surface area contributed by atoms with Gasteiger partial charge in [0.05, 0.1) is 19.1 Å². The van der Waals surface area contributed by atoms with E-state index in [4.69, 9.17) is 4.74 Å². The van der Waals surface area contributed by atoms with E-state index >= 15 is 0 Å². The molecule has 15 heavy (non-hydrogen) atoms. The Balaban J connectivity index is 3.11. The highest BCUT2D eigenvalue weighted by Gasteiger charge is 2.44. The molecule has 0 fully saturated rings. The van der Waals surface area contributed by atoms with Gasteiger partial charge in [-0.1, -0.05) is 29.8 Å². The Labute approximate surface area is 98.6 Å². The maximum Gasteiger partial charge on any atom is 0.309 e. The van der Waals surface area contributed by atoms with E-state index in [-0.39, 0.29) is 17.3 Å². The lowest BCUT2D eigenvalue weighted by atomic mass is 9.70. The Kier molecular flexibility index (Phi) is 3.61. The van der Waals surface area contributed by atoms with Crippen molar-refractivity contribution in [2.45, 2.75) is 33.3 Å². The number of rotatable bonds is 1. The molecule has 1 rings (SSSR count). The summed E-state index contributed by atoms with van der Waals surface area (Å²) >= 11 is 3.47. The first kappa shape index (κ1) is 12.7. The van der Waals surface area contributed by atoms with E-state index in [1.165, 1.54) is 7.11 Å². The largest absolute Gasteiger partial charge is 0.469 e. The van der Waals surface area contributed by atoms with E-state index in [1.54, 1.807) is 0 Å². The SMILES string of the molecule is COC(=O)[C@@H]1C[C@H](O)C(C)=C(Br)C1(C)C. The lowest BCUT2D eigenvalue weighted by Crippen LogP contribution is -2.40. The number of aliphatic hydroxyl groups excluding tert-OH is 1. The number of methoxy groups -OCH3 is 1. The second-order valence-corrected chi connectivity index (χ2v) is 5.34. The van der Waals surface area contributed by atoms with Gasteiger partial charge in [0, 0.05) is 9.90 Å². The number of carbonyl (C=O) groups is 1. The summed E-state index contributed by atoms with van der Waals surface area (Å²) in [7, 11) is 1.38. The van der Waals surface area contributed by atoms with E-state index < -0.39 is 6.10 Å². The predicted octanol–water partition coefficient (Wildman–Crippen LogP) is 2.24. The van der Waals surface area contributed by atoms with Crippen LogP contribution in [-0.2, 0) is 9.53 Å². The van der Waals surface area contributed by atoms with Crippen LogP contribution >= 0.6 is 15.9 Å². The first-order chi connectivity index (χ1) is 6.82. The van der Waals surface area contributed by atoms with Crippen LogP contribution in [0, 0.1) is 11.3 Å². The number of hydrogen-bond donors (Lipinski definition) is 1. The van der Waals surface area contributed by atoms with Crippen molar-refractivity contribution in [3.05, 3.63) is 10.1 Å². The van der Waals surface area contributed by atoms with Gasteiger partial charge in [-0.3, -0.25) is 4.79 Å². The molecule has 3 nitrogen and oxygen atoms in total. The maximum absolute atomic E-state index is 11.6. The number of allylic oxidation sites excluding steroid dienone is 1. The van der Waals surface area contributed by atoms with Gasteiger partial charge in [0.1, 0.15) is 0 Å². The van der Waals surface area contributed by atoms with Gasteiger partial charge < -0.3 is 9.84 Å². The summed E-state index contributed by atoms with van der Waals surface area (Å²) in [6.07, 6.45) is -0.128. The molecule has 1 N–H and O–H groups in total. The third kappa shape index (κ3) is 2.11. The highest BCUT2D eigenvalue weighted by Crippen LogP contribution is 2.47. The van der Waals surface area contributed by atoms with Crippen LogP contribution in [0.3, 0.4) is 0 Å². The van der Waals surface area contributed by atoms with E-state index in [1.807, 2.05) is 20.8 Å². The zero-order valence-corrected chi connectivity index (χ0v) is 11.1. The first-order valence-electron chi connectivity index (χ1n) is 4.95. The van der Waals surface area contributed by atoms with Crippen molar-refractivity contribution < 1.29 is 14.6 Å². The van der Waals surface area contributed by atoms with Crippen LogP contribution in [0.25, 0.3) is 0 Å². The molecule has 0 saturated carbocycles. The Hall–Kier alpha value is -0.350. The smallest absolute Gasteiger partial charge is 0.309 e. The fourth-order valence-corrected chi connectivity index (χ4v) is 2.58. The second-order valence-electron chi connectivity index (χ2n) is 4.55. The molecule has 0 radical (unpaired) electrons. The van der Waals surface area contributed by atoms with Gasteiger partial charge in [0.15, 0.2) is 0 Å². The van der Waals surface area contributed by atoms with E-state index in [2.05, 4.69) is 15.9 Å². The van der Waals surface area contributed by atoms with Crippen LogP contribution in [0.5, 0.6) is 0 Å². The number of esters is 1. The molecule has 0 amide bonds. The third-order valence-electron chi connectivity index (χ3n) is 3.23. The van der Waals surface area contributed by atoms with Crippen LogP contribution < -0.4 is 0 Å². The zero-order valence-electron chi connectivity index (χ0n) is 9.50. The minimum absolute atomic E-state index is 0.261. The third-order valence-corrected chi connectivity index (χ3v) is 4.87. The van der Waals surface area contributed by atoms with Crippen molar-refractivity contribution in [2.75, 3.05) is 7.11 Å². The molecule has 0 aromatic carbocycles. The van der Waals surface area contributed by atoms with Crippen molar-refractivity contribution >= 4 is 21.9 Å². The van der Waals surface area contributed by atoms with E-state index in [0.717, 1.165) is 10.1 Å². The molecule has 0 unspecified atom stereocenters. The molecule has 2 atom stereocenters. The highest BCUT2D eigenvalue weighted by molar-refractivity contribution is 9.11. The fourth-order valence-electron chi connectivity index (χ4n) is 2.04. The molecule has 1 aliphatic carbocycles. The maximum atomic E-state index is 11.6. The standard InChI is InChI=1S/C11H17BrO3/c1-6-8(13)5-7(10(14)15-4)11(2,3)9(6)12/h7-8,13H,5H2,1-4H3/t7-,8-/m0/s1. The van der Waals surface area contributed by atoms with E-state index in [0.29, 0.717) is 6.42 Å². The molecule has 0 spiro atoms. The minimum atomic E-state index is -0.559. The van der Waals surface area contributed by atoms with Crippen LogP contribution in [-0.4, -0.2) is 24.3 Å². The van der Waals surface area contributed by atoms with Crippen molar-refractivity contribution in [3.63, 3.8) is 0 Å². The van der Waals surface area contributed by atoms with Crippen molar-refractivity contribution in [2.24, 2.45) is 11.3 Å². The molecule has 1 aliphatic rings. The van der Waals surface area contributed by atoms with Gasteiger partial charge in [0.2, 0.25) is 0 Å². The summed E-state index contributed by atoms with van der Waals surface area (Å²) in [6.45, 7) is 5.84. The molecule has 0 bridgehead atoms. The Bertz CT molecular complexity index is 307. The van der Waals surface area contributed by atoms with Gasteiger partial charge in [-0.15, -0.1) is 0 Å². The van der Waals surface area contributed by atoms with Gasteiger partial charge in [-0.05, 0) is 18.9 Å². The summed E-state index contributed by atoms with van der Waals surface area (Å²) < 4.78 is 5.67. The highest BCUT2D eigenvalue weighted by atomic mass is 79.9. The van der Waals surface area contributed by atoms with Crippen LogP contribution in [0.2, 0.25) is 0 Å². The number of carbonyl (C=O) groups excluding carboxylic acids is 1. The Morgan fingerprint density at radius 1 is 1.60 bits per heavy atom. The van der Waals surface area contributed by atoms with Gasteiger partial charge >= 0.3 is 5.97 Å². The molecular formula is C11H17BrO3. The summed E-state index contributed by atoms with van der Waals surface area (Å²) in [5, 5.41) is 9.80. The summed E-state index contributed by atoms with van der Waals surface area (Å²) in [6, 6.07) is 0. The Morgan fingerprint density at radius 3 is 2.60 bits per heavy atom. The van der Waals surface area contributed by atoms with Crippen molar-refractivity contribution in [1.29, 1.82) is 0 Å². The monoisotopic (exact) mass is 276 g/mol. The quantitative estimate of drug-likeness (QED) is 0.748. The molecule has 0 saturated heterocycles. The number of ether oxygens (including phenoxy) is 1. The fraction of sp³-hybridized carbons (Fsp3) is 0.727. The molecular weight excluding hydrogens is 260 g/mol. The lowest BCUT2D eigenvalue weighted by Gasteiger charge is -2.39. The van der Waals surface area contributed by atoms with Crippen LogP contribution in [0.4, 0.5) is 0 Å². The number of aliphatic hydroxyl groups is 1. The normalized spacial score (nSPS) is 30.3. The zero-order chi connectivity index (χ0) is 11.8. The van der Waals surface area contributed by atoms with Crippen molar-refractivity contribution in [1.82, 2.24) is 0 Å². The van der Waals surface area contributed by atoms with Crippen LogP contribution in [0.15, 0.2) is 10.1 Å². The van der Waals surface area contributed by atoms with E-state index in [9.17, 15) is 9.90 Å². The number of hydrogen-bond acceptors (Lipinski definition) is 3. The topological polar surface area (TPSA) is 46.5 Å². The van der Waals surface area contributed by atoms with Crippen molar-refractivity contribution in [3.8, 4) is 0 Å². The molecule has 86 valence electrons. The average molecular weight is 277 g/mol. The first-order valence-corrected chi connectivity index (χ1v) is 5.74. The van der Waals surface area contributed by atoms with Gasteiger partial charge in [-0.2, -0.15) is 0 Å². The molecule has 4 heteroatoms. The average Bonchev–Trinajstić information content (AvgIpc) is 2.20. The summed E-state index contributed by atoms with van der Waals surface area (Å²) in [5.74, 6) is -0.556. The molecule has 0 aromatic rings. The second kappa shape index (κ2) is 4.26. The summed E-state index contributed by atoms with van der Waals surface area (Å²) in [4.78, 5) is 11.6. The number of halogens is 1. The molecule has 0 heterocycles. The summed E-state index contributed by atoms with van der Waals surface area (Å²) in [5.41, 5.74) is 0.594. The van der Waals surface area contributed by atoms with Gasteiger partial charge in [0.25, 0.3) is 0 Å². The minimum Gasteiger partial charge on any atom is -0.469 e. The predicted molar refractivity (Wildman–Crippen MR) is 61.5 cm³/mol. The lowest BCUT2D eigenvalue weighted by molar-refractivity contribution is -0.150. The van der Waals surface area contributed by atoms with Crippen LogP contribution in [0.1, 0.15) is 27.2 Å². The molecule has 0 aliphatic heterocycles. The Morgan fingerprint density at radius 2 is 2.13 bits per heavy atom.